The molecule has 0 heterocycles. The van der Waals surface area contributed by atoms with Crippen molar-refractivity contribution in [1.82, 2.24) is 0 Å². The maximum Gasteiger partial charge on any atom is 0.179 e. The van der Waals surface area contributed by atoms with Crippen LogP contribution in [-0.2, 0) is 17.9 Å². The number of methoxy groups -OCH3 is 2. The highest BCUT2D eigenvalue weighted by Gasteiger charge is 2.17. The molecule has 0 radical (unpaired) electrons. The second-order valence-corrected chi connectivity index (χ2v) is 3.63. The van der Waals surface area contributed by atoms with E-state index in [0.29, 0.717) is 23.1 Å². The fourth-order valence-electron chi connectivity index (χ4n) is 1.71. The number of hydrogen-bond acceptors (Lipinski definition) is 4. The molecule has 1 aromatic carbocycles. The van der Waals surface area contributed by atoms with Gasteiger partial charge in [0.05, 0.1) is 25.8 Å². The van der Waals surface area contributed by atoms with E-state index in [1.54, 1.807) is 20.3 Å². The fraction of sp³-hybridized carbons (Fsp3) is 0.455. The second-order valence-electron chi connectivity index (χ2n) is 3.23. The summed E-state index contributed by atoms with van der Waals surface area (Å²) >= 11 is 6.08. The molecule has 0 saturated heterocycles. The molecule has 0 fully saturated rings. The summed E-state index contributed by atoms with van der Waals surface area (Å²) in [6, 6.07) is 1.79. The van der Waals surface area contributed by atoms with Gasteiger partial charge in [-0.2, -0.15) is 0 Å². The molecule has 0 bridgehead atoms. The highest BCUT2D eigenvalue weighted by atomic mass is 35.5. The smallest absolute Gasteiger partial charge is 0.179 e. The highest BCUT2D eigenvalue weighted by molar-refractivity contribution is 6.32. The fourth-order valence-corrected chi connectivity index (χ4v) is 2.00. The molecular formula is C11H16ClNO3. The van der Waals surface area contributed by atoms with E-state index in [2.05, 4.69) is 4.84 Å². The zero-order valence-electron chi connectivity index (χ0n) is 9.67. The number of halogens is 1. The Labute approximate surface area is 100 Å². The van der Waals surface area contributed by atoms with E-state index in [-0.39, 0.29) is 0 Å². The average molecular weight is 246 g/mol. The van der Waals surface area contributed by atoms with Crippen molar-refractivity contribution in [3.63, 3.8) is 0 Å². The first kappa shape index (κ1) is 13.1. The van der Waals surface area contributed by atoms with Gasteiger partial charge in [-0.1, -0.05) is 18.5 Å². The number of rotatable bonds is 5. The first-order valence-electron chi connectivity index (χ1n) is 4.93. The molecule has 4 nitrogen and oxygen atoms in total. The van der Waals surface area contributed by atoms with Crippen LogP contribution in [0.4, 0.5) is 0 Å². The molecule has 0 aliphatic carbocycles. The lowest BCUT2D eigenvalue weighted by molar-refractivity contribution is 0.123. The van der Waals surface area contributed by atoms with Crippen molar-refractivity contribution < 1.29 is 14.3 Å². The molecular weight excluding hydrogens is 230 g/mol. The van der Waals surface area contributed by atoms with E-state index in [1.807, 2.05) is 6.92 Å². The third-order valence-corrected chi connectivity index (χ3v) is 2.67. The number of nitrogens with two attached hydrogens (primary N) is 1. The largest absolute Gasteiger partial charge is 0.493 e. The van der Waals surface area contributed by atoms with Gasteiger partial charge in [0.2, 0.25) is 0 Å². The highest BCUT2D eigenvalue weighted by Crippen LogP contribution is 2.40. The zero-order chi connectivity index (χ0) is 12.1. The predicted octanol–water partition coefficient (Wildman–Crippen LogP) is 2.31. The van der Waals surface area contributed by atoms with Gasteiger partial charge < -0.3 is 9.47 Å². The molecule has 16 heavy (non-hydrogen) atoms. The topological polar surface area (TPSA) is 53.7 Å². The van der Waals surface area contributed by atoms with Gasteiger partial charge in [0, 0.05) is 5.56 Å². The number of ether oxygens (including phenoxy) is 2. The summed E-state index contributed by atoms with van der Waals surface area (Å²) in [6.07, 6.45) is 0.787. The van der Waals surface area contributed by atoms with Crippen molar-refractivity contribution in [2.24, 2.45) is 5.90 Å². The Morgan fingerprint density at radius 3 is 2.31 bits per heavy atom. The van der Waals surface area contributed by atoms with Gasteiger partial charge in [0.25, 0.3) is 0 Å². The molecule has 90 valence electrons. The minimum absolute atomic E-state index is 0.295. The van der Waals surface area contributed by atoms with E-state index in [4.69, 9.17) is 27.0 Å². The minimum atomic E-state index is 0.295. The van der Waals surface area contributed by atoms with Crippen LogP contribution in [0.2, 0.25) is 5.02 Å². The molecule has 2 N–H and O–H groups in total. The minimum Gasteiger partial charge on any atom is -0.493 e. The summed E-state index contributed by atoms with van der Waals surface area (Å²) in [7, 11) is 3.14. The Morgan fingerprint density at radius 1 is 1.25 bits per heavy atom. The Kier molecular flexibility index (Phi) is 4.86. The standard InChI is InChI=1S/C11H16ClNO3/c1-4-8-7(6-16-13)5-9(12)11(15-3)10(8)14-2/h5H,4,6,13H2,1-3H3. The van der Waals surface area contributed by atoms with Crippen LogP contribution in [-0.4, -0.2) is 14.2 Å². The van der Waals surface area contributed by atoms with Crippen LogP contribution in [0, 0.1) is 0 Å². The van der Waals surface area contributed by atoms with Crippen molar-refractivity contribution in [1.29, 1.82) is 0 Å². The summed E-state index contributed by atoms with van der Waals surface area (Å²) in [5.74, 6) is 6.27. The second kappa shape index (κ2) is 5.94. The van der Waals surface area contributed by atoms with Crippen molar-refractivity contribution in [2.45, 2.75) is 20.0 Å². The van der Waals surface area contributed by atoms with Gasteiger partial charge in [-0.3, -0.25) is 4.84 Å². The summed E-state index contributed by atoms with van der Waals surface area (Å²) < 4.78 is 10.5. The van der Waals surface area contributed by atoms with Gasteiger partial charge in [-0.05, 0) is 18.1 Å². The third kappa shape index (κ3) is 2.40. The summed E-state index contributed by atoms with van der Waals surface area (Å²) in [5, 5.41) is 0.489. The number of hydrogen-bond donors (Lipinski definition) is 1. The SMILES string of the molecule is CCc1c(CON)cc(Cl)c(OC)c1OC. The van der Waals surface area contributed by atoms with Crippen LogP contribution in [0.15, 0.2) is 6.07 Å². The lowest BCUT2D eigenvalue weighted by Crippen LogP contribution is -2.05. The Bertz CT molecular complexity index is 369. The van der Waals surface area contributed by atoms with Crippen LogP contribution < -0.4 is 15.4 Å². The van der Waals surface area contributed by atoms with Crippen LogP contribution in [0.3, 0.4) is 0 Å². The Morgan fingerprint density at radius 2 is 1.88 bits per heavy atom. The summed E-state index contributed by atoms with van der Waals surface area (Å²) in [6.45, 7) is 2.31. The average Bonchev–Trinajstić information content (AvgIpc) is 2.28. The van der Waals surface area contributed by atoms with Crippen LogP contribution in [0.1, 0.15) is 18.1 Å². The van der Waals surface area contributed by atoms with E-state index in [1.165, 1.54) is 0 Å². The van der Waals surface area contributed by atoms with E-state index >= 15 is 0 Å². The van der Waals surface area contributed by atoms with Crippen molar-refractivity contribution in [3.8, 4) is 11.5 Å². The first-order valence-corrected chi connectivity index (χ1v) is 5.31. The van der Waals surface area contributed by atoms with Gasteiger partial charge in [-0.25, -0.2) is 5.90 Å². The lowest BCUT2D eigenvalue weighted by Gasteiger charge is -2.16. The van der Waals surface area contributed by atoms with Crippen LogP contribution >= 0.6 is 11.6 Å². The molecule has 0 aromatic heterocycles. The van der Waals surface area contributed by atoms with E-state index in [9.17, 15) is 0 Å². The van der Waals surface area contributed by atoms with Crippen LogP contribution in [0.5, 0.6) is 11.5 Å². The summed E-state index contributed by atoms with van der Waals surface area (Å²) in [5.41, 5.74) is 1.90. The van der Waals surface area contributed by atoms with Gasteiger partial charge in [-0.15, -0.1) is 0 Å². The molecule has 0 aliphatic rings. The van der Waals surface area contributed by atoms with E-state index < -0.39 is 0 Å². The Hall–Kier alpha value is -0.970. The van der Waals surface area contributed by atoms with Crippen molar-refractivity contribution in [3.05, 3.63) is 22.2 Å². The van der Waals surface area contributed by atoms with Crippen molar-refractivity contribution >= 4 is 11.6 Å². The lowest BCUT2D eigenvalue weighted by atomic mass is 10.0. The maximum atomic E-state index is 6.08. The molecule has 0 saturated carbocycles. The molecule has 5 heteroatoms. The van der Waals surface area contributed by atoms with Gasteiger partial charge in [0.1, 0.15) is 0 Å². The molecule has 0 spiro atoms. The van der Waals surface area contributed by atoms with Crippen LogP contribution in [0.25, 0.3) is 0 Å². The first-order chi connectivity index (χ1) is 7.69. The molecule has 0 unspecified atom stereocenters. The number of benzene rings is 1. The summed E-state index contributed by atoms with van der Waals surface area (Å²) in [4.78, 5) is 4.64. The van der Waals surface area contributed by atoms with E-state index in [0.717, 1.165) is 17.5 Å². The molecule has 1 aromatic rings. The molecule has 1 rings (SSSR count). The molecule has 0 aliphatic heterocycles. The zero-order valence-corrected chi connectivity index (χ0v) is 10.4. The Balaban J connectivity index is 3.37. The predicted molar refractivity (Wildman–Crippen MR) is 62.9 cm³/mol. The molecule has 0 amide bonds. The monoisotopic (exact) mass is 245 g/mol. The van der Waals surface area contributed by atoms with Crippen molar-refractivity contribution in [2.75, 3.05) is 14.2 Å². The normalized spacial score (nSPS) is 10.3. The quantitative estimate of drug-likeness (QED) is 0.809. The maximum absolute atomic E-state index is 6.08. The van der Waals surface area contributed by atoms with Gasteiger partial charge in [0.15, 0.2) is 11.5 Å². The molecule has 0 atom stereocenters. The third-order valence-electron chi connectivity index (χ3n) is 2.39. The van der Waals surface area contributed by atoms with Gasteiger partial charge >= 0.3 is 0 Å².